The van der Waals surface area contributed by atoms with Crippen LogP contribution in [0.4, 0.5) is 10.5 Å². The first-order valence-corrected chi connectivity index (χ1v) is 14.8. The summed E-state index contributed by atoms with van der Waals surface area (Å²) in [6, 6.07) is 12.3. The third-order valence-electron chi connectivity index (χ3n) is 9.08. The number of carbonyl (C=O) groups is 2. The molecule has 0 radical (unpaired) electrons. The average molecular weight is 586 g/mol. The molecule has 1 aliphatic heterocycles. The SMILES string of the molecule is COc1cccc(C(=O)N2CCN(CCN(CC3=CCC4CC3C4(C)C)C(=O)Nc3ccc(Cl)c(Cl)c3)CC2)c1. The van der Waals surface area contributed by atoms with E-state index in [0.717, 1.165) is 32.0 Å². The molecule has 3 amide bonds. The van der Waals surface area contributed by atoms with E-state index in [1.807, 2.05) is 28.0 Å². The number of carbonyl (C=O) groups excluding carboxylic acids is 2. The number of piperazine rings is 1. The third-order valence-corrected chi connectivity index (χ3v) is 9.82. The van der Waals surface area contributed by atoms with Gasteiger partial charge in [-0.25, -0.2) is 4.79 Å². The number of amides is 3. The van der Waals surface area contributed by atoms with Gasteiger partial charge in [0.2, 0.25) is 0 Å². The lowest BCUT2D eigenvalue weighted by atomic mass is 9.49. The molecule has 2 atom stereocenters. The van der Waals surface area contributed by atoms with Crippen molar-refractivity contribution < 1.29 is 14.3 Å². The predicted octanol–water partition coefficient (Wildman–Crippen LogP) is 6.29. The Morgan fingerprint density at radius 1 is 1.07 bits per heavy atom. The van der Waals surface area contributed by atoms with E-state index in [2.05, 4.69) is 30.1 Å². The number of allylic oxidation sites excluding steroid dienone is 1. The zero-order valence-corrected chi connectivity index (χ0v) is 25.0. The van der Waals surface area contributed by atoms with Gasteiger partial charge in [-0.2, -0.15) is 0 Å². The average Bonchev–Trinajstić information content (AvgIpc) is 2.97. The molecule has 0 spiro atoms. The van der Waals surface area contributed by atoms with Gasteiger partial charge in [-0.3, -0.25) is 9.69 Å². The van der Waals surface area contributed by atoms with Crippen LogP contribution >= 0.6 is 23.2 Å². The highest BCUT2D eigenvalue weighted by molar-refractivity contribution is 6.42. The van der Waals surface area contributed by atoms with Crippen LogP contribution in [-0.2, 0) is 0 Å². The van der Waals surface area contributed by atoms with Gasteiger partial charge in [0.1, 0.15) is 5.75 Å². The molecule has 2 unspecified atom stereocenters. The number of fused-ring (bicyclic) bond motifs is 1. The van der Waals surface area contributed by atoms with E-state index in [-0.39, 0.29) is 11.9 Å². The van der Waals surface area contributed by atoms with Crippen molar-refractivity contribution in [3.8, 4) is 5.75 Å². The van der Waals surface area contributed by atoms with Crippen molar-refractivity contribution in [1.29, 1.82) is 0 Å². The third kappa shape index (κ3) is 6.12. The minimum Gasteiger partial charge on any atom is -0.497 e. The number of hydrogen-bond donors (Lipinski definition) is 1. The molecule has 2 bridgehead atoms. The number of halogens is 2. The lowest BCUT2D eigenvalue weighted by Crippen LogP contribution is -2.52. The van der Waals surface area contributed by atoms with E-state index in [1.54, 1.807) is 31.4 Å². The summed E-state index contributed by atoms with van der Waals surface area (Å²) in [5, 5.41) is 3.88. The summed E-state index contributed by atoms with van der Waals surface area (Å²) in [5.74, 6) is 1.97. The smallest absolute Gasteiger partial charge is 0.322 e. The largest absolute Gasteiger partial charge is 0.497 e. The summed E-state index contributed by atoms with van der Waals surface area (Å²) in [6.45, 7) is 9.46. The van der Waals surface area contributed by atoms with Gasteiger partial charge >= 0.3 is 6.03 Å². The Kier molecular flexibility index (Phi) is 8.64. The molecule has 9 heteroatoms. The standard InChI is InChI=1S/C31H38Cl2N4O3/c1-31(2)23-8-7-22(26(31)18-23)20-37(30(39)34-24-9-10-27(32)28(33)19-24)16-13-35-11-14-36(15-12-35)29(38)21-5-4-6-25(17-21)40-3/h4-7,9-10,17,19,23,26H,8,11-16,18,20H2,1-3H3,(H,34,39). The lowest BCUT2D eigenvalue weighted by molar-refractivity contribution is -0.00970. The van der Waals surface area contributed by atoms with E-state index in [0.29, 0.717) is 64.6 Å². The summed E-state index contributed by atoms with van der Waals surface area (Å²) in [6.07, 6.45) is 4.65. The topological polar surface area (TPSA) is 65.1 Å². The lowest BCUT2D eigenvalue weighted by Gasteiger charge is -2.57. The van der Waals surface area contributed by atoms with Gasteiger partial charge in [-0.1, -0.05) is 54.8 Å². The second-order valence-corrected chi connectivity index (χ2v) is 12.5. The van der Waals surface area contributed by atoms with E-state index in [4.69, 9.17) is 27.9 Å². The zero-order chi connectivity index (χ0) is 28.4. The zero-order valence-electron chi connectivity index (χ0n) is 23.5. The summed E-state index contributed by atoms with van der Waals surface area (Å²) < 4.78 is 5.27. The van der Waals surface area contributed by atoms with Gasteiger partial charge in [0.15, 0.2) is 0 Å². The number of nitrogens with zero attached hydrogens (tertiary/aromatic N) is 3. The monoisotopic (exact) mass is 584 g/mol. The molecule has 6 rings (SSSR count). The Hall–Kier alpha value is -2.74. The van der Waals surface area contributed by atoms with E-state index in [1.165, 1.54) is 12.0 Å². The Morgan fingerprint density at radius 2 is 1.85 bits per heavy atom. The fourth-order valence-electron chi connectivity index (χ4n) is 6.28. The van der Waals surface area contributed by atoms with Crippen molar-refractivity contribution in [2.45, 2.75) is 26.7 Å². The van der Waals surface area contributed by atoms with Crippen molar-refractivity contribution in [1.82, 2.24) is 14.7 Å². The van der Waals surface area contributed by atoms with E-state index in [9.17, 15) is 9.59 Å². The number of nitrogens with one attached hydrogen (secondary N) is 1. The first-order valence-electron chi connectivity index (χ1n) is 14.0. The van der Waals surface area contributed by atoms with Crippen LogP contribution in [0.15, 0.2) is 54.1 Å². The van der Waals surface area contributed by atoms with Gasteiger partial charge in [0.05, 0.1) is 17.2 Å². The van der Waals surface area contributed by atoms with Crippen molar-refractivity contribution in [2.24, 2.45) is 17.3 Å². The summed E-state index contributed by atoms with van der Waals surface area (Å²) in [5.41, 5.74) is 2.92. The first kappa shape index (κ1) is 28.8. The summed E-state index contributed by atoms with van der Waals surface area (Å²) in [4.78, 5) is 32.7. The highest BCUT2D eigenvalue weighted by Gasteiger charge is 2.51. The van der Waals surface area contributed by atoms with Gasteiger partial charge in [0, 0.05) is 57.1 Å². The van der Waals surface area contributed by atoms with Crippen LogP contribution < -0.4 is 10.1 Å². The number of urea groups is 1. The van der Waals surface area contributed by atoms with Crippen molar-refractivity contribution in [2.75, 3.05) is 58.2 Å². The highest BCUT2D eigenvalue weighted by atomic mass is 35.5. The number of rotatable bonds is 8. The predicted molar refractivity (Wildman–Crippen MR) is 160 cm³/mol. The molecule has 4 aliphatic rings. The van der Waals surface area contributed by atoms with Crippen molar-refractivity contribution >= 4 is 40.8 Å². The second kappa shape index (κ2) is 12.0. The second-order valence-electron chi connectivity index (χ2n) is 11.7. The maximum absolute atomic E-state index is 13.5. The number of methoxy groups -OCH3 is 1. The van der Waals surface area contributed by atoms with E-state index >= 15 is 0 Å². The maximum Gasteiger partial charge on any atom is 0.322 e. The van der Waals surface area contributed by atoms with Crippen LogP contribution in [0, 0.1) is 17.3 Å². The molecule has 1 saturated carbocycles. The Morgan fingerprint density at radius 3 is 2.52 bits per heavy atom. The maximum atomic E-state index is 13.5. The molecule has 2 fully saturated rings. The molecule has 214 valence electrons. The Labute approximate surface area is 247 Å². The van der Waals surface area contributed by atoms with Crippen LogP contribution in [0.1, 0.15) is 37.0 Å². The molecule has 1 N–H and O–H groups in total. The normalized spacial score (nSPS) is 21.7. The van der Waals surface area contributed by atoms with Gasteiger partial charge in [-0.15, -0.1) is 0 Å². The fraction of sp³-hybridized carbons (Fsp3) is 0.484. The van der Waals surface area contributed by atoms with Crippen LogP contribution in [-0.4, -0.2) is 79.6 Å². The molecular weight excluding hydrogens is 547 g/mol. The van der Waals surface area contributed by atoms with Gasteiger partial charge in [0.25, 0.3) is 5.91 Å². The molecule has 2 aromatic rings. The molecule has 40 heavy (non-hydrogen) atoms. The molecule has 7 nitrogen and oxygen atoms in total. The molecular formula is C31H38Cl2N4O3. The molecule has 0 aromatic heterocycles. The summed E-state index contributed by atoms with van der Waals surface area (Å²) in [7, 11) is 1.60. The summed E-state index contributed by atoms with van der Waals surface area (Å²) >= 11 is 12.3. The minimum absolute atomic E-state index is 0.0202. The van der Waals surface area contributed by atoms with Crippen molar-refractivity contribution in [3.05, 3.63) is 69.7 Å². The Bertz CT molecular complexity index is 1290. The molecule has 2 aromatic carbocycles. The molecule has 1 saturated heterocycles. The first-order chi connectivity index (χ1) is 19.2. The quantitative estimate of drug-likeness (QED) is 0.370. The Balaban J connectivity index is 1.21. The number of hydrogen-bond acceptors (Lipinski definition) is 4. The number of ether oxygens (including phenoxy) is 1. The fourth-order valence-corrected chi connectivity index (χ4v) is 6.58. The highest BCUT2D eigenvalue weighted by Crippen LogP contribution is 2.59. The van der Waals surface area contributed by atoms with Gasteiger partial charge < -0.3 is 19.9 Å². The van der Waals surface area contributed by atoms with Crippen LogP contribution in [0.5, 0.6) is 5.75 Å². The van der Waals surface area contributed by atoms with Crippen LogP contribution in [0.25, 0.3) is 0 Å². The van der Waals surface area contributed by atoms with Gasteiger partial charge in [-0.05, 0) is 66.5 Å². The van der Waals surface area contributed by atoms with Crippen LogP contribution in [0.3, 0.4) is 0 Å². The number of anilines is 1. The molecule has 1 heterocycles. The van der Waals surface area contributed by atoms with E-state index < -0.39 is 0 Å². The minimum atomic E-state index is -0.148. The van der Waals surface area contributed by atoms with Crippen LogP contribution in [0.2, 0.25) is 10.0 Å². The molecule has 3 aliphatic carbocycles. The van der Waals surface area contributed by atoms with Crippen molar-refractivity contribution in [3.63, 3.8) is 0 Å². The number of benzene rings is 2.